The molecule has 13 heavy (non-hydrogen) atoms. The second-order valence-electron chi connectivity index (χ2n) is 2.39. The van der Waals surface area contributed by atoms with E-state index in [1.54, 1.807) is 0 Å². The topological polar surface area (TPSA) is 63.7 Å². The van der Waals surface area contributed by atoms with Gasteiger partial charge in [-0.15, -0.1) is 0 Å². The Morgan fingerprint density at radius 2 is 2.15 bits per heavy atom. The van der Waals surface area contributed by atoms with Gasteiger partial charge in [-0.1, -0.05) is 18.2 Å². The zero-order valence-corrected chi connectivity index (χ0v) is 6.78. The van der Waals surface area contributed by atoms with Crippen LogP contribution >= 0.6 is 0 Å². The van der Waals surface area contributed by atoms with Gasteiger partial charge in [-0.3, -0.25) is 9.59 Å². The lowest BCUT2D eigenvalue weighted by molar-refractivity contribution is -0.192. The minimum Gasteiger partial charge on any atom is -0.325 e. The average Bonchev–Trinajstić information content (AvgIpc) is 2.32. The first-order chi connectivity index (χ1) is 6.06. The van der Waals surface area contributed by atoms with Gasteiger partial charge in [0.1, 0.15) is 0 Å². The van der Waals surface area contributed by atoms with E-state index in [1.165, 1.54) is 0 Å². The Labute approximate surface area is 74.2 Å². The first kappa shape index (κ1) is 9.18. The largest absolute Gasteiger partial charge is 0.356 e. The number of amides is 2. The van der Waals surface area contributed by atoms with Gasteiger partial charge in [0, 0.05) is 11.6 Å². The minimum absolute atomic E-state index is 0.108. The Kier molecular flexibility index (Phi) is 2.27. The van der Waals surface area contributed by atoms with Crippen LogP contribution in [-0.2, 0) is 19.2 Å². The van der Waals surface area contributed by atoms with Gasteiger partial charge in [-0.05, 0) is 0 Å². The van der Waals surface area contributed by atoms with Crippen LogP contribution < -0.4 is 0 Å². The third-order valence-corrected chi connectivity index (χ3v) is 1.43. The van der Waals surface area contributed by atoms with E-state index < -0.39 is 17.8 Å². The van der Waals surface area contributed by atoms with Crippen LogP contribution in [0.4, 0.5) is 0 Å². The lowest BCUT2D eigenvalue weighted by Crippen LogP contribution is -2.31. The molecule has 2 amide bonds. The van der Waals surface area contributed by atoms with E-state index in [2.05, 4.69) is 18.0 Å². The van der Waals surface area contributed by atoms with Crippen molar-refractivity contribution in [3.8, 4) is 0 Å². The maximum atomic E-state index is 11.1. The van der Waals surface area contributed by atoms with Gasteiger partial charge in [-0.25, -0.2) is 4.79 Å². The first-order valence-corrected chi connectivity index (χ1v) is 3.45. The van der Waals surface area contributed by atoms with Crippen molar-refractivity contribution in [1.82, 2.24) is 5.06 Å². The van der Waals surface area contributed by atoms with Crippen LogP contribution in [0, 0.1) is 0 Å². The molecule has 1 aliphatic rings. The van der Waals surface area contributed by atoms with Gasteiger partial charge < -0.3 is 4.84 Å². The highest BCUT2D eigenvalue weighted by molar-refractivity contribution is 6.12. The van der Waals surface area contributed by atoms with Crippen LogP contribution in [0.5, 0.6) is 0 Å². The van der Waals surface area contributed by atoms with Crippen LogP contribution in [-0.4, -0.2) is 22.8 Å². The molecular formula is C8H7NO4. The van der Waals surface area contributed by atoms with Crippen molar-refractivity contribution in [2.24, 2.45) is 0 Å². The number of nitrogens with zero attached hydrogens (tertiary/aromatic N) is 1. The fourth-order valence-electron chi connectivity index (χ4n) is 0.806. The predicted octanol–water partition coefficient (Wildman–Crippen LogP) is -0.0543. The predicted molar refractivity (Wildman–Crippen MR) is 41.9 cm³/mol. The number of hydrogen-bond acceptors (Lipinski definition) is 4. The summed E-state index contributed by atoms with van der Waals surface area (Å²) in [7, 11) is 0. The maximum absolute atomic E-state index is 11.1. The Balaban J connectivity index is 2.75. The number of carbonyl (C=O) groups is 3. The van der Waals surface area contributed by atoms with Crippen molar-refractivity contribution < 1.29 is 19.2 Å². The number of rotatable bonds is 2. The van der Waals surface area contributed by atoms with Crippen LogP contribution in [0.2, 0.25) is 0 Å². The molecule has 1 fully saturated rings. The van der Waals surface area contributed by atoms with Crippen molar-refractivity contribution in [1.29, 1.82) is 0 Å². The van der Waals surface area contributed by atoms with Gasteiger partial charge in [0.05, 0.1) is 6.42 Å². The Bertz CT molecular complexity index is 318. The molecule has 0 N–H and O–H groups in total. The molecule has 5 heteroatoms. The molecule has 0 aromatic rings. The summed E-state index contributed by atoms with van der Waals surface area (Å²) in [6.45, 7) is 6.47. The monoisotopic (exact) mass is 181 g/mol. The summed E-state index contributed by atoms with van der Waals surface area (Å²) in [5, 5.41) is 0.395. The molecular weight excluding hydrogens is 174 g/mol. The zero-order valence-electron chi connectivity index (χ0n) is 6.78. The van der Waals surface area contributed by atoms with Gasteiger partial charge in [0.2, 0.25) is 0 Å². The highest BCUT2D eigenvalue weighted by Gasteiger charge is 2.35. The second kappa shape index (κ2) is 3.22. The molecule has 1 saturated heterocycles. The van der Waals surface area contributed by atoms with Gasteiger partial charge in [0.25, 0.3) is 11.8 Å². The molecule has 5 nitrogen and oxygen atoms in total. The fraction of sp³-hybridized carbons (Fsp3) is 0.125. The summed E-state index contributed by atoms with van der Waals surface area (Å²) in [5.41, 5.74) is 0.113. The quantitative estimate of drug-likeness (QED) is 0.442. The smallest absolute Gasteiger partial charge is 0.325 e. The van der Waals surface area contributed by atoms with Crippen LogP contribution in [0.1, 0.15) is 6.42 Å². The summed E-state index contributed by atoms with van der Waals surface area (Å²) >= 11 is 0. The summed E-state index contributed by atoms with van der Waals surface area (Å²) < 4.78 is 0. The molecule has 1 aliphatic heterocycles. The first-order valence-electron chi connectivity index (χ1n) is 3.45. The van der Waals surface area contributed by atoms with Crippen LogP contribution in [0.15, 0.2) is 24.8 Å². The second-order valence-corrected chi connectivity index (χ2v) is 2.39. The molecule has 0 aromatic heterocycles. The number of hydrogen-bond donors (Lipinski definition) is 0. The van der Waals surface area contributed by atoms with Crippen molar-refractivity contribution in [2.75, 3.05) is 0 Å². The molecule has 0 aliphatic carbocycles. The molecule has 0 atom stereocenters. The van der Waals surface area contributed by atoms with Gasteiger partial charge in [0.15, 0.2) is 0 Å². The Morgan fingerprint density at radius 1 is 1.54 bits per heavy atom. The molecule has 1 rings (SSSR count). The molecule has 0 aromatic carbocycles. The van der Waals surface area contributed by atoms with Crippen LogP contribution in [0.3, 0.4) is 0 Å². The van der Waals surface area contributed by atoms with E-state index in [4.69, 9.17) is 0 Å². The van der Waals surface area contributed by atoms with Gasteiger partial charge >= 0.3 is 5.97 Å². The summed E-state index contributed by atoms with van der Waals surface area (Å²) in [4.78, 5) is 37.1. The zero-order chi connectivity index (χ0) is 10.0. The summed E-state index contributed by atoms with van der Waals surface area (Å²) in [6, 6.07) is 0. The fourth-order valence-corrected chi connectivity index (χ4v) is 0.806. The van der Waals surface area contributed by atoms with E-state index in [1.807, 2.05) is 0 Å². The molecule has 0 radical (unpaired) electrons. The highest BCUT2D eigenvalue weighted by atomic mass is 16.7. The Morgan fingerprint density at radius 3 is 2.54 bits per heavy atom. The standard InChI is InChI=1S/C8H7NO4/c1-3-7(11)13-9-6(10)4-5(2)8(9)12/h3H,1-2,4H2. The van der Waals surface area contributed by atoms with Crippen molar-refractivity contribution in [3.05, 3.63) is 24.8 Å². The Hall–Kier alpha value is -1.91. The van der Waals surface area contributed by atoms with Crippen molar-refractivity contribution >= 4 is 17.8 Å². The van der Waals surface area contributed by atoms with Crippen molar-refractivity contribution in [2.45, 2.75) is 6.42 Å². The summed E-state index contributed by atoms with van der Waals surface area (Å²) in [6.07, 6.45) is 0.755. The van der Waals surface area contributed by atoms with Crippen LogP contribution in [0.25, 0.3) is 0 Å². The molecule has 68 valence electrons. The lowest BCUT2D eigenvalue weighted by atomic mass is 10.3. The van der Waals surface area contributed by atoms with E-state index in [-0.39, 0.29) is 12.0 Å². The summed E-state index contributed by atoms with van der Waals surface area (Å²) in [5.74, 6) is -2.12. The van der Waals surface area contributed by atoms with E-state index in [9.17, 15) is 14.4 Å². The van der Waals surface area contributed by atoms with E-state index in [0.29, 0.717) is 5.06 Å². The molecule has 0 spiro atoms. The molecule has 0 saturated carbocycles. The average molecular weight is 181 g/mol. The van der Waals surface area contributed by atoms with E-state index in [0.717, 1.165) is 6.08 Å². The number of carbonyl (C=O) groups excluding carboxylic acids is 3. The highest BCUT2D eigenvalue weighted by Crippen LogP contribution is 2.16. The lowest BCUT2D eigenvalue weighted by Gasteiger charge is -2.09. The molecule has 0 unspecified atom stereocenters. The molecule has 1 heterocycles. The molecule has 0 bridgehead atoms. The van der Waals surface area contributed by atoms with Gasteiger partial charge in [-0.2, -0.15) is 0 Å². The maximum Gasteiger partial charge on any atom is 0.356 e. The third-order valence-electron chi connectivity index (χ3n) is 1.43. The van der Waals surface area contributed by atoms with Crippen molar-refractivity contribution in [3.63, 3.8) is 0 Å². The van der Waals surface area contributed by atoms with E-state index >= 15 is 0 Å². The SMILES string of the molecule is C=CC(=O)ON1C(=O)CC(=C)C1=O. The number of imide groups is 1. The number of hydroxylamine groups is 2. The minimum atomic E-state index is -0.851. The third kappa shape index (κ3) is 1.64. The normalized spacial score (nSPS) is 16.3.